The molecule has 0 spiro atoms. The van der Waals surface area contributed by atoms with Crippen LogP contribution >= 0.6 is 0 Å². The summed E-state index contributed by atoms with van der Waals surface area (Å²) < 4.78 is 2.04. The van der Waals surface area contributed by atoms with E-state index in [1.165, 1.54) is 5.69 Å². The molecule has 2 N–H and O–H groups in total. The van der Waals surface area contributed by atoms with Crippen molar-refractivity contribution < 1.29 is 9.90 Å². The van der Waals surface area contributed by atoms with Crippen LogP contribution in [0, 0.1) is 0 Å². The SMILES string of the molecule is Cn1c(CCC(=O)O)nc2c1CCNC2. The minimum Gasteiger partial charge on any atom is -0.481 e. The predicted molar refractivity (Wildman–Crippen MR) is 54.6 cm³/mol. The largest absolute Gasteiger partial charge is 0.481 e. The first-order valence-corrected chi connectivity index (χ1v) is 5.14. The Morgan fingerprint density at radius 1 is 1.67 bits per heavy atom. The molecule has 5 heteroatoms. The van der Waals surface area contributed by atoms with Crippen LogP contribution in [0.15, 0.2) is 0 Å². The van der Waals surface area contributed by atoms with E-state index >= 15 is 0 Å². The minimum absolute atomic E-state index is 0.150. The van der Waals surface area contributed by atoms with E-state index in [9.17, 15) is 4.79 Å². The lowest BCUT2D eigenvalue weighted by Crippen LogP contribution is -2.24. The molecule has 1 aromatic heterocycles. The van der Waals surface area contributed by atoms with E-state index in [1.807, 2.05) is 11.6 Å². The molecule has 15 heavy (non-hydrogen) atoms. The second kappa shape index (κ2) is 4.02. The zero-order chi connectivity index (χ0) is 10.8. The van der Waals surface area contributed by atoms with E-state index in [2.05, 4.69) is 10.3 Å². The smallest absolute Gasteiger partial charge is 0.303 e. The number of nitrogens with zero attached hydrogens (tertiary/aromatic N) is 2. The van der Waals surface area contributed by atoms with Crippen molar-refractivity contribution in [2.45, 2.75) is 25.8 Å². The van der Waals surface area contributed by atoms with E-state index in [0.29, 0.717) is 6.42 Å². The monoisotopic (exact) mass is 209 g/mol. The van der Waals surface area contributed by atoms with Crippen molar-refractivity contribution in [3.63, 3.8) is 0 Å². The summed E-state index contributed by atoms with van der Waals surface area (Å²) in [5, 5.41) is 11.9. The maximum absolute atomic E-state index is 10.5. The average Bonchev–Trinajstić information content (AvgIpc) is 2.54. The number of rotatable bonds is 3. The highest BCUT2D eigenvalue weighted by Crippen LogP contribution is 2.15. The Balaban J connectivity index is 2.18. The summed E-state index contributed by atoms with van der Waals surface area (Å²) >= 11 is 0. The molecule has 5 nitrogen and oxygen atoms in total. The van der Waals surface area contributed by atoms with Gasteiger partial charge in [-0.2, -0.15) is 0 Å². The molecule has 2 heterocycles. The topological polar surface area (TPSA) is 67.2 Å². The lowest BCUT2D eigenvalue weighted by molar-refractivity contribution is -0.137. The van der Waals surface area contributed by atoms with Crippen LogP contribution in [0.1, 0.15) is 23.6 Å². The van der Waals surface area contributed by atoms with Crippen LogP contribution in [0.3, 0.4) is 0 Å². The van der Waals surface area contributed by atoms with Crippen molar-refractivity contribution in [1.29, 1.82) is 0 Å². The molecule has 0 fully saturated rings. The van der Waals surface area contributed by atoms with E-state index < -0.39 is 5.97 Å². The van der Waals surface area contributed by atoms with Gasteiger partial charge in [0.25, 0.3) is 0 Å². The first kappa shape index (κ1) is 10.2. The van der Waals surface area contributed by atoms with Gasteiger partial charge in [0, 0.05) is 38.7 Å². The number of aliphatic carboxylic acids is 1. The number of carbonyl (C=O) groups is 1. The van der Waals surface area contributed by atoms with Gasteiger partial charge in [-0.1, -0.05) is 0 Å². The summed E-state index contributed by atoms with van der Waals surface area (Å²) in [5.74, 6) is 0.111. The van der Waals surface area contributed by atoms with Gasteiger partial charge in [-0.15, -0.1) is 0 Å². The number of hydrogen-bond acceptors (Lipinski definition) is 3. The molecule has 1 aliphatic rings. The number of aromatic nitrogens is 2. The van der Waals surface area contributed by atoms with Crippen LogP contribution in [0.25, 0.3) is 0 Å². The molecule has 1 aliphatic heterocycles. The molecule has 0 aromatic carbocycles. The third-order valence-corrected chi connectivity index (χ3v) is 2.78. The molecule has 2 rings (SSSR count). The molecule has 1 aromatic rings. The van der Waals surface area contributed by atoms with Gasteiger partial charge in [-0.3, -0.25) is 4.79 Å². The van der Waals surface area contributed by atoms with Crippen molar-refractivity contribution in [3.05, 3.63) is 17.2 Å². The standard InChI is InChI=1S/C10H15N3O2/c1-13-8-4-5-11-6-7(8)12-9(13)2-3-10(14)15/h11H,2-6H2,1H3,(H,14,15). The van der Waals surface area contributed by atoms with Crippen molar-refractivity contribution >= 4 is 5.97 Å². The van der Waals surface area contributed by atoms with Crippen molar-refractivity contribution in [2.24, 2.45) is 7.05 Å². The number of nitrogens with one attached hydrogen (secondary N) is 1. The van der Waals surface area contributed by atoms with E-state index in [1.54, 1.807) is 0 Å². The Hall–Kier alpha value is -1.36. The maximum Gasteiger partial charge on any atom is 0.303 e. The van der Waals surface area contributed by atoms with Gasteiger partial charge >= 0.3 is 5.97 Å². The maximum atomic E-state index is 10.5. The highest BCUT2D eigenvalue weighted by Gasteiger charge is 2.17. The molecule has 0 saturated carbocycles. The third kappa shape index (κ3) is 2.02. The summed E-state index contributed by atoms with van der Waals surface area (Å²) in [4.78, 5) is 14.9. The number of carboxylic acid groups (broad SMARTS) is 1. The zero-order valence-corrected chi connectivity index (χ0v) is 8.79. The van der Waals surface area contributed by atoms with Crippen LogP contribution in [-0.4, -0.2) is 27.2 Å². The van der Waals surface area contributed by atoms with E-state index in [4.69, 9.17) is 5.11 Å². The van der Waals surface area contributed by atoms with Gasteiger partial charge in [0.2, 0.25) is 0 Å². The number of imidazole rings is 1. The molecule has 0 bridgehead atoms. The number of hydrogen-bond donors (Lipinski definition) is 2. The molecular formula is C10H15N3O2. The summed E-state index contributed by atoms with van der Waals surface area (Å²) in [6.07, 6.45) is 1.64. The second-order valence-corrected chi connectivity index (χ2v) is 3.80. The first-order valence-electron chi connectivity index (χ1n) is 5.14. The van der Waals surface area contributed by atoms with Crippen LogP contribution < -0.4 is 5.32 Å². The molecule has 0 atom stereocenters. The van der Waals surface area contributed by atoms with Gasteiger partial charge in [0.05, 0.1) is 12.1 Å². The van der Waals surface area contributed by atoms with E-state index in [0.717, 1.165) is 31.0 Å². The normalized spacial score (nSPS) is 15.0. The van der Waals surface area contributed by atoms with Gasteiger partial charge in [0.1, 0.15) is 5.82 Å². The fraction of sp³-hybridized carbons (Fsp3) is 0.600. The lowest BCUT2D eigenvalue weighted by atomic mass is 10.2. The fourth-order valence-corrected chi connectivity index (χ4v) is 1.95. The predicted octanol–water partition coefficient (Wildman–Crippen LogP) is 0.0830. The van der Waals surface area contributed by atoms with Crippen molar-refractivity contribution in [1.82, 2.24) is 14.9 Å². The van der Waals surface area contributed by atoms with Crippen LogP contribution in [0.4, 0.5) is 0 Å². The van der Waals surface area contributed by atoms with Crippen LogP contribution in [0.5, 0.6) is 0 Å². The molecule has 82 valence electrons. The molecule has 0 aliphatic carbocycles. The summed E-state index contributed by atoms with van der Waals surface area (Å²) in [6.45, 7) is 1.78. The molecule has 0 radical (unpaired) electrons. The molecule has 0 saturated heterocycles. The molecular weight excluding hydrogens is 194 g/mol. The Labute approximate surface area is 88.1 Å². The van der Waals surface area contributed by atoms with E-state index in [-0.39, 0.29) is 6.42 Å². The van der Waals surface area contributed by atoms with Crippen LogP contribution in [-0.2, 0) is 31.2 Å². The van der Waals surface area contributed by atoms with Gasteiger partial charge in [-0.05, 0) is 0 Å². The highest BCUT2D eigenvalue weighted by atomic mass is 16.4. The minimum atomic E-state index is -0.769. The average molecular weight is 209 g/mol. The Morgan fingerprint density at radius 2 is 2.47 bits per heavy atom. The summed E-state index contributed by atoms with van der Waals surface area (Å²) in [5.41, 5.74) is 2.32. The number of aryl methyl sites for hydroxylation is 1. The zero-order valence-electron chi connectivity index (χ0n) is 8.79. The Kier molecular flexibility index (Phi) is 2.73. The lowest BCUT2D eigenvalue weighted by Gasteiger charge is -2.12. The molecule has 0 unspecified atom stereocenters. The Bertz CT molecular complexity index is 384. The van der Waals surface area contributed by atoms with Gasteiger partial charge in [-0.25, -0.2) is 4.98 Å². The quantitative estimate of drug-likeness (QED) is 0.740. The number of carboxylic acids is 1. The molecule has 0 amide bonds. The summed E-state index contributed by atoms with van der Waals surface area (Å²) in [7, 11) is 1.97. The Morgan fingerprint density at radius 3 is 3.13 bits per heavy atom. The highest BCUT2D eigenvalue weighted by molar-refractivity contribution is 5.66. The first-order chi connectivity index (χ1) is 7.18. The fourth-order valence-electron chi connectivity index (χ4n) is 1.95. The number of fused-ring (bicyclic) bond motifs is 1. The van der Waals surface area contributed by atoms with Crippen molar-refractivity contribution in [3.8, 4) is 0 Å². The second-order valence-electron chi connectivity index (χ2n) is 3.80. The van der Waals surface area contributed by atoms with Crippen LogP contribution in [0.2, 0.25) is 0 Å². The van der Waals surface area contributed by atoms with Gasteiger partial charge < -0.3 is 15.0 Å². The van der Waals surface area contributed by atoms with Gasteiger partial charge in [0.15, 0.2) is 0 Å². The summed E-state index contributed by atoms with van der Waals surface area (Å²) in [6, 6.07) is 0. The van der Waals surface area contributed by atoms with Crippen molar-refractivity contribution in [2.75, 3.05) is 6.54 Å². The third-order valence-electron chi connectivity index (χ3n) is 2.78.